The molecule has 0 aliphatic heterocycles. The fourth-order valence-electron chi connectivity index (χ4n) is 2.46. The van der Waals surface area contributed by atoms with Crippen LogP contribution in [-0.4, -0.2) is 32.5 Å². The fraction of sp³-hybridized carbons (Fsp3) is 0.200. The Morgan fingerprint density at radius 1 is 0.926 bits per heavy atom. The molecule has 3 aromatic rings. The van der Waals surface area contributed by atoms with Crippen molar-refractivity contribution in [2.24, 2.45) is 0 Å². The predicted octanol–water partition coefficient (Wildman–Crippen LogP) is 3.72. The molecule has 0 saturated carbocycles. The van der Waals surface area contributed by atoms with Gasteiger partial charge in [0, 0.05) is 11.6 Å². The summed E-state index contributed by atoms with van der Waals surface area (Å²) >= 11 is 0. The van der Waals surface area contributed by atoms with Gasteiger partial charge in [-0.3, -0.25) is 0 Å². The van der Waals surface area contributed by atoms with Crippen LogP contribution in [0.3, 0.4) is 0 Å². The van der Waals surface area contributed by atoms with E-state index >= 15 is 0 Å². The number of esters is 1. The first-order valence-corrected chi connectivity index (χ1v) is 8.13. The summed E-state index contributed by atoms with van der Waals surface area (Å²) < 4.78 is 26.1. The standard InChI is InChI=1S/C20H19NO6/c1-23-16-7-4-13(5-8-16)18-11-15(21-27-18)12-26-20(22)14-6-9-17(24-2)19(10-14)25-3/h4-11H,12H2,1-3H3. The number of nitrogens with zero attached hydrogens (tertiary/aromatic N) is 1. The van der Waals surface area contributed by atoms with Crippen LogP contribution >= 0.6 is 0 Å². The molecule has 3 rings (SSSR count). The molecule has 0 unspecified atom stereocenters. The molecule has 0 spiro atoms. The molecule has 7 nitrogen and oxygen atoms in total. The Kier molecular flexibility index (Phi) is 5.61. The first kappa shape index (κ1) is 18.3. The Hall–Kier alpha value is -3.48. The van der Waals surface area contributed by atoms with Crippen molar-refractivity contribution in [3.8, 4) is 28.6 Å². The molecule has 0 N–H and O–H groups in total. The summed E-state index contributed by atoms with van der Waals surface area (Å²) in [5, 5.41) is 3.93. The Morgan fingerprint density at radius 2 is 1.67 bits per heavy atom. The Bertz CT molecular complexity index is 916. The SMILES string of the molecule is COc1ccc(-c2cc(COC(=O)c3ccc(OC)c(OC)c3)no2)cc1. The second-order valence-electron chi connectivity index (χ2n) is 5.56. The van der Waals surface area contributed by atoms with Crippen molar-refractivity contribution in [2.45, 2.75) is 6.61 Å². The number of carbonyl (C=O) groups is 1. The van der Waals surface area contributed by atoms with Crippen LogP contribution in [0, 0.1) is 0 Å². The Labute approximate surface area is 156 Å². The summed E-state index contributed by atoms with van der Waals surface area (Å²) in [6, 6.07) is 13.9. The highest BCUT2D eigenvalue weighted by atomic mass is 16.5. The lowest BCUT2D eigenvalue weighted by Crippen LogP contribution is -2.06. The van der Waals surface area contributed by atoms with Gasteiger partial charge in [0.15, 0.2) is 17.3 Å². The van der Waals surface area contributed by atoms with E-state index in [2.05, 4.69) is 5.16 Å². The zero-order chi connectivity index (χ0) is 19.2. The van der Waals surface area contributed by atoms with Gasteiger partial charge in [0.2, 0.25) is 0 Å². The van der Waals surface area contributed by atoms with Gasteiger partial charge in [0.05, 0.1) is 26.9 Å². The molecule has 0 aliphatic carbocycles. The van der Waals surface area contributed by atoms with E-state index in [0.29, 0.717) is 28.5 Å². The molecule has 140 valence electrons. The number of methoxy groups -OCH3 is 3. The minimum Gasteiger partial charge on any atom is -0.497 e. The van der Waals surface area contributed by atoms with E-state index in [1.807, 2.05) is 24.3 Å². The highest BCUT2D eigenvalue weighted by Crippen LogP contribution is 2.28. The normalized spacial score (nSPS) is 10.3. The minimum atomic E-state index is -0.495. The minimum absolute atomic E-state index is 0.00711. The second kappa shape index (κ2) is 8.27. The van der Waals surface area contributed by atoms with Crippen LogP contribution < -0.4 is 14.2 Å². The van der Waals surface area contributed by atoms with Gasteiger partial charge in [-0.25, -0.2) is 4.79 Å². The van der Waals surface area contributed by atoms with E-state index in [1.54, 1.807) is 31.4 Å². The maximum absolute atomic E-state index is 12.2. The Balaban J connectivity index is 1.65. The van der Waals surface area contributed by atoms with Gasteiger partial charge in [0.1, 0.15) is 18.1 Å². The highest BCUT2D eigenvalue weighted by molar-refractivity contribution is 5.90. The molecule has 0 saturated heterocycles. The second-order valence-corrected chi connectivity index (χ2v) is 5.56. The molecule has 1 aromatic heterocycles. The molecule has 7 heteroatoms. The van der Waals surface area contributed by atoms with E-state index in [1.165, 1.54) is 14.2 Å². The zero-order valence-electron chi connectivity index (χ0n) is 15.2. The van der Waals surface area contributed by atoms with Crippen LogP contribution in [0.25, 0.3) is 11.3 Å². The zero-order valence-corrected chi connectivity index (χ0v) is 15.2. The molecule has 0 atom stereocenters. The van der Waals surface area contributed by atoms with Crippen molar-refractivity contribution in [2.75, 3.05) is 21.3 Å². The molecule has 0 bridgehead atoms. The number of rotatable bonds is 7. The van der Waals surface area contributed by atoms with Crippen molar-refractivity contribution < 1.29 is 28.3 Å². The average Bonchev–Trinajstić information content (AvgIpc) is 3.20. The maximum Gasteiger partial charge on any atom is 0.338 e. The number of benzene rings is 2. The van der Waals surface area contributed by atoms with Crippen molar-refractivity contribution in [3.63, 3.8) is 0 Å². The summed E-state index contributed by atoms with van der Waals surface area (Å²) in [4.78, 5) is 12.2. The lowest BCUT2D eigenvalue weighted by atomic mass is 10.1. The molecule has 0 amide bonds. The third-order valence-corrected chi connectivity index (χ3v) is 3.90. The third kappa shape index (κ3) is 4.20. The summed E-state index contributed by atoms with van der Waals surface area (Å²) in [5.74, 6) is 1.83. The number of ether oxygens (including phenoxy) is 4. The summed E-state index contributed by atoms with van der Waals surface area (Å²) in [5.41, 5.74) is 1.71. The number of carbonyl (C=O) groups excluding carboxylic acids is 1. The number of aromatic nitrogens is 1. The van der Waals surface area contributed by atoms with Crippen molar-refractivity contribution in [1.29, 1.82) is 0 Å². The van der Waals surface area contributed by atoms with E-state index < -0.39 is 5.97 Å². The van der Waals surface area contributed by atoms with Crippen molar-refractivity contribution >= 4 is 5.97 Å². The van der Waals surface area contributed by atoms with E-state index in [0.717, 1.165) is 11.3 Å². The van der Waals surface area contributed by atoms with Crippen LogP contribution in [0.2, 0.25) is 0 Å². The lowest BCUT2D eigenvalue weighted by Gasteiger charge is -2.09. The monoisotopic (exact) mass is 369 g/mol. The van der Waals surface area contributed by atoms with Crippen LogP contribution in [0.1, 0.15) is 16.1 Å². The van der Waals surface area contributed by atoms with Gasteiger partial charge in [0.25, 0.3) is 0 Å². The predicted molar refractivity (Wildman–Crippen MR) is 97.2 cm³/mol. The maximum atomic E-state index is 12.2. The topological polar surface area (TPSA) is 80.0 Å². The van der Waals surface area contributed by atoms with E-state index in [9.17, 15) is 4.79 Å². The van der Waals surface area contributed by atoms with Gasteiger partial charge in [-0.1, -0.05) is 5.16 Å². The summed E-state index contributed by atoms with van der Waals surface area (Å²) in [6.45, 7) is -0.00711. The van der Waals surface area contributed by atoms with Gasteiger partial charge < -0.3 is 23.5 Å². The largest absolute Gasteiger partial charge is 0.497 e. The molecule has 0 radical (unpaired) electrons. The molecule has 1 heterocycles. The number of hydrogen-bond acceptors (Lipinski definition) is 7. The quantitative estimate of drug-likeness (QED) is 0.587. The third-order valence-electron chi connectivity index (χ3n) is 3.90. The molecule has 0 fully saturated rings. The van der Waals surface area contributed by atoms with E-state index in [-0.39, 0.29) is 6.61 Å². The lowest BCUT2D eigenvalue weighted by molar-refractivity contribution is 0.0464. The molecular formula is C20H19NO6. The Morgan fingerprint density at radius 3 is 2.33 bits per heavy atom. The van der Waals surface area contributed by atoms with E-state index in [4.69, 9.17) is 23.5 Å². The highest BCUT2D eigenvalue weighted by Gasteiger charge is 2.14. The number of hydrogen-bond donors (Lipinski definition) is 0. The van der Waals surface area contributed by atoms with Gasteiger partial charge in [-0.15, -0.1) is 0 Å². The fourth-order valence-corrected chi connectivity index (χ4v) is 2.46. The van der Waals surface area contributed by atoms with Gasteiger partial charge in [-0.2, -0.15) is 0 Å². The first-order valence-electron chi connectivity index (χ1n) is 8.13. The van der Waals surface area contributed by atoms with Gasteiger partial charge in [-0.05, 0) is 42.5 Å². The van der Waals surface area contributed by atoms with Crippen LogP contribution in [0.5, 0.6) is 17.2 Å². The molecule has 27 heavy (non-hydrogen) atoms. The molecule has 2 aromatic carbocycles. The average molecular weight is 369 g/mol. The smallest absolute Gasteiger partial charge is 0.338 e. The van der Waals surface area contributed by atoms with Crippen LogP contribution in [0.4, 0.5) is 0 Å². The van der Waals surface area contributed by atoms with Gasteiger partial charge >= 0.3 is 5.97 Å². The van der Waals surface area contributed by atoms with Crippen molar-refractivity contribution in [1.82, 2.24) is 5.16 Å². The van der Waals surface area contributed by atoms with Crippen LogP contribution in [0.15, 0.2) is 53.1 Å². The van der Waals surface area contributed by atoms with Crippen molar-refractivity contribution in [3.05, 3.63) is 59.8 Å². The first-order chi connectivity index (χ1) is 13.1. The summed E-state index contributed by atoms with van der Waals surface area (Å²) in [6.07, 6.45) is 0. The molecular weight excluding hydrogens is 350 g/mol. The van der Waals surface area contributed by atoms with Crippen LogP contribution in [-0.2, 0) is 11.3 Å². The summed E-state index contributed by atoms with van der Waals surface area (Å²) in [7, 11) is 4.64. The molecule has 0 aliphatic rings.